The van der Waals surface area contributed by atoms with Crippen LogP contribution in [0.3, 0.4) is 0 Å². The van der Waals surface area contributed by atoms with E-state index in [1.807, 2.05) is 61.6 Å². The van der Waals surface area contributed by atoms with E-state index in [1.54, 1.807) is 6.21 Å². The molecule has 0 amide bonds. The van der Waals surface area contributed by atoms with Gasteiger partial charge in [-0.15, -0.1) is 28.2 Å². The average molecular weight is 421 g/mol. The van der Waals surface area contributed by atoms with Gasteiger partial charge in [-0.1, -0.05) is 24.3 Å². The maximum Gasteiger partial charge on any atom is 2.00 e. The van der Waals surface area contributed by atoms with Crippen molar-refractivity contribution in [2.75, 3.05) is 0 Å². The fraction of sp³-hybridized carbons (Fsp3) is 0.167. The molecule has 0 aromatic carbocycles. The second-order valence-electron chi connectivity index (χ2n) is 6.87. The zero-order valence-electron chi connectivity index (χ0n) is 16.9. The summed E-state index contributed by atoms with van der Waals surface area (Å²) in [4.78, 5) is 18.6. The normalized spacial score (nSPS) is 20.1. The first kappa shape index (κ1) is 20.8. The van der Waals surface area contributed by atoms with Crippen molar-refractivity contribution in [3.63, 3.8) is 0 Å². The SMILES string of the molecule is C/C=c1/cc/c(=C(\C)C2=N/C(=C(/C)c3ccc(/C(C)=C4/C=CC=N4)[n-]3)C=C2)[n-]1.[Mn+2]. The summed E-state index contributed by atoms with van der Waals surface area (Å²) in [6.45, 7) is 8.17. The number of rotatable bonds is 3. The summed E-state index contributed by atoms with van der Waals surface area (Å²) in [6.07, 6.45) is 11.8. The molecule has 29 heavy (non-hydrogen) atoms. The van der Waals surface area contributed by atoms with Crippen LogP contribution in [0.2, 0.25) is 0 Å². The summed E-state index contributed by atoms with van der Waals surface area (Å²) in [7, 11) is 0. The molecule has 0 fully saturated rings. The molecule has 4 nitrogen and oxygen atoms in total. The Hall–Kier alpha value is -2.88. The Morgan fingerprint density at radius 3 is 2.17 bits per heavy atom. The molecule has 0 N–H and O–H groups in total. The quantitative estimate of drug-likeness (QED) is 0.714. The third-order valence-electron chi connectivity index (χ3n) is 5.10. The molecule has 0 saturated carbocycles. The van der Waals surface area contributed by atoms with Crippen LogP contribution in [-0.2, 0) is 17.1 Å². The van der Waals surface area contributed by atoms with Gasteiger partial charge in [0.05, 0.1) is 17.1 Å². The minimum absolute atomic E-state index is 0. The van der Waals surface area contributed by atoms with Crippen molar-refractivity contribution in [2.45, 2.75) is 27.7 Å². The molecule has 145 valence electrons. The van der Waals surface area contributed by atoms with Crippen molar-refractivity contribution in [3.8, 4) is 0 Å². The van der Waals surface area contributed by atoms with E-state index < -0.39 is 0 Å². The molecular weight excluding hydrogens is 399 g/mol. The van der Waals surface area contributed by atoms with Crippen LogP contribution < -0.4 is 20.7 Å². The van der Waals surface area contributed by atoms with Crippen molar-refractivity contribution < 1.29 is 17.1 Å². The van der Waals surface area contributed by atoms with E-state index in [9.17, 15) is 0 Å². The standard InChI is InChI=1S/C24H22N4.Mn/c1-5-18-8-9-20(26-18)16(3)22-12-13-24(28-22)17(4)23-11-10-21(27-23)15(2)19-7-6-14-25-19;/h5-14H,1-4H3;/q-2;+2/b18-5-,19-15-,20-16-,24-17-;. The van der Waals surface area contributed by atoms with Gasteiger partial charge in [0.25, 0.3) is 0 Å². The van der Waals surface area contributed by atoms with Crippen LogP contribution in [0.4, 0.5) is 0 Å². The van der Waals surface area contributed by atoms with Gasteiger partial charge in [0.2, 0.25) is 0 Å². The van der Waals surface area contributed by atoms with Gasteiger partial charge in [-0.2, -0.15) is 0 Å². The Labute approximate surface area is 181 Å². The van der Waals surface area contributed by atoms with Gasteiger partial charge in [-0.05, 0) is 68.7 Å². The van der Waals surface area contributed by atoms with E-state index in [-0.39, 0.29) is 17.1 Å². The smallest absolute Gasteiger partial charge is 0.658 e. The van der Waals surface area contributed by atoms with Crippen LogP contribution in [0.15, 0.2) is 69.9 Å². The van der Waals surface area contributed by atoms with Gasteiger partial charge in [0.15, 0.2) is 0 Å². The molecule has 0 unspecified atom stereocenters. The number of aliphatic imine (C=N–C) groups is 2. The van der Waals surface area contributed by atoms with Gasteiger partial charge in [0.1, 0.15) is 0 Å². The van der Waals surface area contributed by atoms with E-state index in [0.717, 1.165) is 55.9 Å². The Bertz CT molecular complexity index is 1230. The van der Waals surface area contributed by atoms with Crippen LogP contribution >= 0.6 is 0 Å². The molecule has 0 atom stereocenters. The van der Waals surface area contributed by atoms with Crippen LogP contribution in [-0.4, -0.2) is 11.9 Å². The Morgan fingerprint density at radius 1 is 0.828 bits per heavy atom. The van der Waals surface area contributed by atoms with Crippen LogP contribution in [0.25, 0.3) is 22.8 Å². The summed E-state index contributed by atoms with van der Waals surface area (Å²) < 4.78 is 0. The summed E-state index contributed by atoms with van der Waals surface area (Å²) in [6, 6.07) is 8.15. The molecule has 0 saturated heterocycles. The van der Waals surface area contributed by atoms with Crippen LogP contribution in [0.1, 0.15) is 39.1 Å². The third-order valence-corrected chi connectivity index (χ3v) is 5.10. The zero-order valence-corrected chi connectivity index (χ0v) is 18.1. The predicted octanol–water partition coefficient (Wildman–Crippen LogP) is 3.38. The Kier molecular flexibility index (Phi) is 6.21. The Balaban J connectivity index is 0.00000240. The van der Waals surface area contributed by atoms with E-state index in [4.69, 9.17) is 9.98 Å². The van der Waals surface area contributed by atoms with Crippen molar-refractivity contribution in [3.05, 3.63) is 82.0 Å². The average Bonchev–Trinajstić information content (AvgIpc) is 3.52. The summed E-state index contributed by atoms with van der Waals surface area (Å²) in [5.74, 6) is 0. The first-order chi connectivity index (χ1) is 13.6. The molecule has 5 heteroatoms. The second kappa shape index (κ2) is 8.64. The molecule has 1 radical (unpaired) electrons. The molecule has 0 spiro atoms. The van der Waals surface area contributed by atoms with Gasteiger partial charge in [-0.25, -0.2) is 4.99 Å². The van der Waals surface area contributed by atoms with Crippen LogP contribution in [0.5, 0.6) is 0 Å². The summed E-state index contributed by atoms with van der Waals surface area (Å²) in [5.41, 5.74) is 7.97. The monoisotopic (exact) mass is 421 g/mol. The van der Waals surface area contributed by atoms with Gasteiger partial charge < -0.3 is 9.97 Å². The Morgan fingerprint density at radius 2 is 1.55 bits per heavy atom. The molecule has 2 aromatic rings. The molecule has 4 rings (SSSR count). The van der Waals surface area contributed by atoms with Crippen molar-refractivity contribution >= 4 is 34.7 Å². The molecule has 2 aliphatic heterocycles. The van der Waals surface area contributed by atoms with Crippen molar-refractivity contribution in [2.24, 2.45) is 9.98 Å². The number of hydrogen-bond donors (Lipinski definition) is 0. The minimum Gasteiger partial charge on any atom is -0.658 e. The fourth-order valence-corrected chi connectivity index (χ4v) is 3.22. The maximum atomic E-state index is 4.82. The number of hydrogen-bond acceptors (Lipinski definition) is 2. The largest absolute Gasteiger partial charge is 2.00 e. The number of allylic oxidation sites excluding steroid dienone is 6. The second-order valence-corrected chi connectivity index (χ2v) is 6.87. The fourth-order valence-electron chi connectivity index (χ4n) is 3.22. The number of nitrogens with zero attached hydrogens (tertiary/aromatic N) is 4. The molecule has 2 aliphatic rings. The van der Waals surface area contributed by atoms with E-state index in [2.05, 4.69) is 30.7 Å². The predicted molar refractivity (Wildman–Crippen MR) is 117 cm³/mol. The molecular formula is C24H22MnN4. The molecule has 0 bridgehead atoms. The molecule has 2 aromatic heterocycles. The van der Waals surface area contributed by atoms with Gasteiger partial charge >= 0.3 is 17.1 Å². The summed E-state index contributed by atoms with van der Waals surface area (Å²) >= 11 is 0. The van der Waals surface area contributed by atoms with Crippen molar-refractivity contribution in [1.29, 1.82) is 0 Å². The zero-order chi connectivity index (χ0) is 19.7. The molecule has 4 heterocycles. The first-order valence-corrected chi connectivity index (χ1v) is 9.38. The van der Waals surface area contributed by atoms with Crippen molar-refractivity contribution in [1.82, 2.24) is 9.97 Å². The van der Waals surface area contributed by atoms with Gasteiger partial charge in [-0.3, -0.25) is 4.99 Å². The summed E-state index contributed by atoms with van der Waals surface area (Å²) in [5, 5.41) is 1.96. The maximum absolute atomic E-state index is 4.82. The number of aromatic nitrogens is 2. The topological polar surface area (TPSA) is 52.9 Å². The van der Waals surface area contributed by atoms with E-state index in [1.165, 1.54) is 0 Å². The van der Waals surface area contributed by atoms with E-state index >= 15 is 0 Å². The van der Waals surface area contributed by atoms with Gasteiger partial charge in [0, 0.05) is 6.21 Å². The third kappa shape index (κ3) is 4.12. The van der Waals surface area contributed by atoms with E-state index in [0.29, 0.717) is 0 Å². The molecule has 0 aliphatic carbocycles. The minimum atomic E-state index is 0. The first-order valence-electron chi connectivity index (χ1n) is 9.38. The van der Waals surface area contributed by atoms with Crippen LogP contribution in [0, 0.1) is 0 Å².